The molecule has 2 aliphatic rings. The number of carboxylic acid groups (broad SMARTS) is 1. The van der Waals surface area contributed by atoms with Gasteiger partial charge in [-0.2, -0.15) is 26.3 Å². The van der Waals surface area contributed by atoms with Gasteiger partial charge in [-0.25, -0.2) is 4.79 Å². The van der Waals surface area contributed by atoms with E-state index < -0.39 is 35.4 Å². The van der Waals surface area contributed by atoms with E-state index in [1.54, 1.807) is 46.2 Å². The van der Waals surface area contributed by atoms with Gasteiger partial charge in [0.1, 0.15) is 0 Å². The van der Waals surface area contributed by atoms with Crippen LogP contribution >= 0.6 is 0 Å². The second-order valence-electron chi connectivity index (χ2n) is 12.0. The van der Waals surface area contributed by atoms with Crippen LogP contribution in [-0.2, 0) is 21.8 Å². The smallest absolute Gasteiger partial charge is 0.416 e. The molecule has 0 atom stereocenters. The van der Waals surface area contributed by atoms with E-state index in [1.807, 2.05) is 12.1 Å². The van der Waals surface area contributed by atoms with E-state index in [9.17, 15) is 35.9 Å². The summed E-state index contributed by atoms with van der Waals surface area (Å²) in [6.07, 6.45) is 1.32. The highest BCUT2D eigenvalue weighted by atomic mass is 19.4. The summed E-state index contributed by atoms with van der Waals surface area (Å²) in [7, 11) is 0. The molecule has 0 bridgehead atoms. The second-order valence-corrected chi connectivity index (χ2v) is 12.0. The minimum atomic E-state index is -4.56. The number of carbonyl (C=O) groups is 2. The van der Waals surface area contributed by atoms with Crippen LogP contribution in [0.25, 0.3) is 0 Å². The van der Waals surface area contributed by atoms with Crippen molar-refractivity contribution in [3.05, 3.63) is 118 Å². The lowest BCUT2D eigenvalue weighted by Gasteiger charge is -2.29. The van der Waals surface area contributed by atoms with Crippen molar-refractivity contribution in [2.75, 3.05) is 73.5 Å². The van der Waals surface area contributed by atoms with E-state index in [2.05, 4.69) is 17.2 Å². The summed E-state index contributed by atoms with van der Waals surface area (Å²) in [5.74, 6) is 2.92. The van der Waals surface area contributed by atoms with Crippen LogP contribution < -0.4 is 20.9 Å². The van der Waals surface area contributed by atoms with Crippen molar-refractivity contribution < 1.29 is 50.5 Å². The Morgan fingerprint density at radius 1 is 0.667 bits per heavy atom. The van der Waals surface area contributed by atoms with E-state index in [4.69, 9.17) is 33.2 Å². The Bertz CT molecular complexity index is 2040. The molecular weight excluding hydrogens is 754 g/mol. The Kier molecular flexibility index (Phi) is 17.5. The molecule has 0 aromatic heterocycles. The molecule has 4 aromatic rings. The monoisotopic (exact) mass is 798 g/mol. The fourth-order valence-electron chi connectivity index (χ4n) is 5.33. The normalized spacial score (nSPS) is 13.7. The number of nitrogens with one attached hydrogen (secondary N) is 1. The van der Waals surface area contributed by atoms with Gasteiger partial charge in [-0.1, -0.05) is 38.8 Å². The predicted molar refractivity (Wildman–Crippen MR) is 210 cm³/mol. The number of nitrogens with zero attached hydrogens (tertiary/aromatic N) is 2. The first-order valence-electron chi connectivity index (χ1n) is 16.6. The van der Waals surface area contributed by atoms with E-state index in [1.165, 1.54) is 12.1 Å². The quantitative estimate of drug-likeness (QED) is 0.105. The van der Waals surface area contributed by atoms with E-state index in [-0.39, 0.29) is 31.7 Å². The minimum absolute atomic E-state index is 0. The van der Waals surface area contributed by atoms with Gasteiger partial charge in [-0.05, 0) is 72.8 Å². The molecule has 2 heterocycles. The molecule has 4 N–H and O–H groups in total. The fraction of sp³-hybridized carbons (Fsp3) is 0.286. The molecule has 1 amide bonds. The highest BCUT2D eigenvalue weighted by Crippen LogP contribution is 2.35. The maximum absolute atomic E-state index is 13.3. The average Bonchev–Trinajstić information content (AvgIpc) is 3.18. The minimum Gasteiger partial charge on any atom is -0.478 e. The van der Waals surface area contributed by atoms with Crippen molar-refractivity contribution in [3.8, 4) is 24.7 Å². The van der Waals surface area contributed by atoms with Crippen LogP contribution in [0.1, 0.15) is 57.8 Å². The van der Waals surface area contributed by atoms with Gasteiger partial charge in [-0.3, -0.25) is 4.79 Å². The van der Waals surface area contributed by atoms with Gasteiger partial charge < -0.3 is 35.4 Å². The third-order valence-electron chi connectivity index (χ3n) is 8.09. The zero-order valence-corrected chi connectivity index (χ0v) is 29.2. The topological polar surface area (TPSA) is 117 Å². The first kappa shape index (κ1) is 47.0. The molecule has 0 spiro atoms. The van der Waals surface area contributed by atoms with Crippen molar-refractivity contribution in [2.45, 2.75) is 27.2 Å². The molecule has 4 aromatic carbocycles. The van der Waals surface area contributed by atoms with Gasteiger partial charge in [0.05, 0.1) is 43.1 Å². The Morgan fingerprint density at radius 3 is 1.53 bits per heavy atom. The van der Waals surface area contributed by atoms with Gasteiger partial charge in [0.15, 0.2) is 0 Å². The van der Waals surface area contributed by atoms with Gasteiger partial charge in [0, 0.05) is 65.6 Å². The van der Waals surface area contributed by atoms with Crippen LogP contribution in [0.2, 0.25) is 0 Å². The number of carbonyl (C=O) groups excluding carboxylic acids is 1. The van der Waals surface area contributed by atoms with Crippen molar-refractivity contribution in [2.24, 2.45) is 0 Å². The molecule has 0 radical (unpaired) electrons. The van der Waals surface area contributed by atoms with E-state index in [0.29, 0.717) is 81.3 Å². The van der Waals surface area contributed by atoms with Crippen LogP contribution in [-0.4, -0.2) is 69.6 Å². The lowest BCUT2D eigenvalue weighted by Crippen LogP contribution is -2.36. The number of halogens is 6. The first-order valence-corrected chi connectivity index (χ1v) is 16.6. The number of alkyl halides is 6. The molecule has 304 valence electrons. The largest absolute Gasteiger partial charge is 0.478 e. The Hall–Kier alpha value is -6.16. The number of nitrogen functional groups attached to an aromatic ring is 1. The highest BCUT2D eigenvalue weighted by molar-refractivity contribution is 6.05. The summed E-state index contributed by atoms with van der Waals surface area (Å²) in [6.45, 7) is 3.50. The molecule has 9 nitrogen and oxygen atoms in total. The molecule has 0 aliphatic carbocycles. The number of aromatic carboxylic acids is 1. The molecular formula is C42H44F6N4O5. The van der Waals surface area contributed by atoms with Crippen molar-refractivity contribution in [1.29, 1.82) is 0 Å². The van der Waals surface area contributed by atoms with Crippen LogP contribution in [0.15, 0.2) is 84.9 Å². The Morgan fingerprint density at radius 2 is 1.11 bits per heavy atom. The number of rotatable bonds is 5. The fourth-order valence-corrected chi connectivity index (χ4v) is 5.33. The summed E-state index contributed by atoms with van der Waals surface area (Å²) >= 11 is 0. The number of benzene rings is 4. The number of hydrogen-bond acceptors (Lipinski definition) is 7. The number of nitrogens with two attached hydrogens (primary N) is 1. The number of morpholine rings is 2. The Labute approximate surface area is 328 Å². The number of anilines is 4. The van der Waals surface area contributed by atoms with Gasteiger partial charge in [0.2, 0.25) is 0 Å². The summed E-state index contributed by atoms with van der Waals surface area (Å²) in [5.41, 5.74) is 6.31. The maximum atomic E-state index is 13.3. The first-order chi connectivity index (χ1) is 26.1. The average molecular weight is 799 g/mol. The molecule has 2 saturated heterocycles. The van der Waals surface area contributed by atoms with Gasteiger partial charge >= 0.3 is 18.3 Å². The SMILES string of the molecule is C.C.C#Cc1cccc(N)c1.C#Cc1cccc(NC(=O)c2cc(N3CCOCC3)cc(C(F)(F)F)c2)c1.O=C(O)c1cc(N2CCOCC2)cc(C(F)(F)F)c1. The molecule has 2 aliphatic heterocycles. The third kappa shape index (κ3) is 14.1. The zero-order chi connectivity index (χ0) is 40.2. The number of terminal acetylenes is 2. The summed E-state index contributed by atoms with van der Waals surface area (Å²) < 4.78 is 88.5. The summed E-state index contributed by atoms with van der Waals surface area (Å²) in [6, 6.07) is 20.0. The number of amides is 1. The number of carboxylic acids is 1. The van der Waals surface area contributed by atoms with Crippen LogP contribution in [0.5, 0.6) is 0 Å². The third-order valence-corrected chi connectivity index (χ3v) is 8.09. The Balaban J connectivity index is 0.000000325. The highest BCUT2D eigenvalue weighted by Gasteiger charge is 2.33. The second kappa shape index (κ2) is 21.2. The molecule has 6 rings (SSSR count). The lowest BCUT2D eigenvalue weighted by molar-refractivity contribution is -0.138. The summed E-state index contributed by atoms with van der Waals surface area (Å²) in [4.78, 5) is 26.9. The van der Waals surface area contributed by atoms with Crippen molar-refractivity contribution >= 4 is 34.6 Å². The molecule has 0 saturated carbocycles. The maximum Gasteiger partial charge on any atom is 0.416 e. The molecule has 2 fully saturated rings. The standard InChI is InChI=1S/C20H17F3N2O2.C12H12F3NO3.C8H7N.2CH4/c1-2-14-4-3-5-17(10-14)24-19(26)15-11-16(20(21,22)23)13-18(12-15)25-6-8-27-9-7-25;13-12(14,15)9-5-8(11(17)18)6-10(7-9)16-1-3-19-4-2-16;1-2-7-4-3-5-8(9)6-7;;/h1,3-5,10-13H,6-9H2,(H,24,26);5-7H,1-4H2,(H,17,18);1,3-6H,9H2;2*1H4. The number of ether oxygens (including phenoxy) is 2. The van der Waals surface area contributed by atoms with Crippen molar-refractivity contribution in [1.82, 2.24) is 0 Å². The van der Waals surface area contributed by atoms with E-state index in [0.717, 1.165) is 23.8 Å². The predicted octanol–water partition coefficient (Wildman–Crippen LogP) is 8.54. The van der Waals surface area contributed by atoms with Crippen LogP contribution in [0, 0.1) is 24.7 Å². The van der Waals surface area contributed by atoms with Gasteiger partial charge in [0.25, 0.3) is 5.91 Å². The lowest BCUT2D eigenvalue weighted by atomic mass is 10.1. The zero-order valence-electron chi connectivity index (χ0n) is 29.2. The number of hydrogen-bond donors (Lipinski definition) is 3. The molecule has 0 unspecified atom stereocenters. The van der Waals surface area contributed by atoms with Crippen molar-refractivity contribution in [3.63, 3.8) is 0 Å². The van der Waals surface area contributed by atoms with E-state index >= 15 is 0 Å². The molecule has 15 heteroatoms. The molecule has 57 heavy (non-hydrogen) atoms. The summed E-state index contributed by atoms with van der Waals surface area (Å²) in [5, 5.41) is 11.5. The van der Waals surface area contributed by atoms with Gasteiger partial charge in [-0.15, -0.1) is 12.8 Å². The van der Waals surface area contributed by atoms with Crippen LogP contribution in [0.3, 0.4) is 0 Å². The van der Waals surface area contributed by atoms with Crippen LogP contribution in [0.4, 0.5) is 49.1 Å².